The first-order valence-electron chi connectivity index (χ1n) is 9.81. The Bertz CT molecular complexity index is 1030. The highest BCUT2D eigenvalue weighted by molar-refractivity contribution is 8.20. The standard InChI is InChI=1S/C21H20N2O6S3/c1-3-29-19(26)14-13(21-30-8-9-31-21)10-32-16(22-14)15(20(27)28-2)23-17(24)11-6-4-5-7-12(11)18(23)25/h4-7,21-22H,3,8-10H2,1-2H3/b16-15-. The zero-order valence-corrected chi connectivity index (χ0v) is 19.8. The van der Waals surface area contributed by atoms with Crippen LogP contribution in [0.2, 0.25) is 0 Å². The van der Waals surface area contributed by atoms with Gasteiger partial charge in [0.05, 0.1) is 29.4 Å². The summed E-state index contributed by atoms with van der Waals surface area (Å²) < 4.78 is 10.2. The number of imide groups is 1. The molecular weight excluding hydrogens is 472 g/mol. The van der Waals surface area contributed by atoms with Crippen LogP contribution >= 0.6 is 35.3 Å². The molecule has 0 spiro atoms. The molecule has 0 aliphatic carbocycles. The molecule has 1 aromatic rings. The number of nitrogens with one attached hydrogen (secondary N) is 1. The second-order valence-electron chi connectivity index (χ2n) is 6.77. The molecule has 0 atom stereocenters. The SMILES string of the molecule is CCOC(=O)C1=C(C2SCCS2)CS/C(=C(/C(=O)OC)N2C(=O)c3ccccc3C2=O)N1. The second-order valence-corrected chi connectivity index (χ2v) is 10.5. The zero-order chi connectivity index (χ0) is 22.8. The number of ether oxygens (including phenoxy) is 2. The van der Waals surface area contributed by atoms with Crippen molar-refractivity contribution in [1.29, 1.82) is 0 Å². The Hall–Kier alpha value is -2.37. The minimum absolute atomic E-state index is 0.0943. The van der Waals surface area contributed by atoms with Crippen molar-refractivity contribution in [1.82, 2.24) is 10.2 Å². The molecule has 3 aliphatic heterocycles. The van der Waals surface area contributed by atoms with Crippen molar-refractivity contribution < 1.29 is 28.7 Å². The molecular formula is C21H20N2O6S3. The number of carbonyl (C=O) groups is 4. The number of amides is 2. The van der Waals surface area contributed by atoms with E-state index >= 15 is 0 Å². The highest BCUT2D eigenvalue weighted by Gasteiger charge is 2.43. The minimum Gasteiger partial charge on any atom is -0.464 e. The normalized spacial score (nSPS) is 20.2. The molecule has 32 heavy (non-hydrogen) atoms. The summed E-state index contributed by atoms with van der Waals surface area (Å²) >= 11 is 4.74. The minimum atomic E-state index is -0.856. The van der Waals surface area contributed by atoms with E-state index in [4.69, 9.17) is 9.47 Å². The Balaban J connectivity index is 1.78. The fourth-order valence-electron chi connectivity index (χ4n) is 3.48. The number of thioether (sulfide) groups is 3. The molecule has 1 N–H and O–H groups in total. The summed E-state index contributed by atoms with van der Waals surface area (Å²) in [6.07, 6.45) is 0. The third kappa shape index (κ3) is 4.04. The zero-order valence-electron chi connectivity index (χ0n) is 17.3. The lowest BCUT2D eigenvalue weighted by molar-refractivity contribution is -0.139. The Kier molecular flexibility index (Phi) is 6.87. The molecule has 1 aromatic carbocycles. The van der Waals surface area contributed by atoms with Crippen LogP contribution in [0.5, 0.6) is 0 Å². The van der Waals surface area contributed by atoms with Gasteiger partial charge in [-0.1, -0.05) is 12.1 Å². The van der Waals surface area contributed by atoms with Crippen LogP contribution in [-0.2, 0) is 19.1 Å². The molecule has 11 heteroatoms. The molecule has 168 valence electrons. The molecule has 1 fully saturated rings. The van der Waals surface area contributed by atoms with Gasteiger partial charge in [0.1, 0.15) is 10.7 Å². The largest absolute Gasteiger partial charge is 0.464 e. The van der Waals surface area contributed by atoms with E-state index < -0.39 is 23.8 Å². The summed E-state index contributed by atoms with van der Waals surface area (Å²) in [6.45, 7) is 1.90. The Morgan fingerprint density at radius 1 is 1.12 bits per heavy atom. The van der Waals surface area contributed by atoms with Gasteiger partial charge in [-0.2, -0.15) is 0 Å². The second kappa shape index (κ2) is 9.63. The fourth-order valence-corrected chi connectivity index (χ4v) is 7.76. The first kappa shape index (κ1) is 22.8. The van der Waals surface area contributed by atoms with Crippen LogP contribution < -0.4 is 5.32 Å². The lowest BCUT2D eigenvalue weighted by Crippen LogP contribution is -2.38. The van der Waals surface area contributed by atoms with Crippen LogP contribution in [0.3, 0.4) is 0 Å². The van der Waals surface area contributed by atoms with Gasteiger partial charge >= 0.3 is 11.9 Å². The van der Waals surface area contributed by atoms with E-state index in [-0.39, 0.29) is 38.7 Å². The van der Waals surface area contributed by atoms with Crippen LogP contribution in [0.4, 0.5) is 0 Å². The van der Waals surface area contributed by atoms with E-state index in [1.807, 2.05) is 0 Å². The number of benzene rings is 1. The number of rotatable bonds is 5. The highest BCUT2D eigenvalue weighted by atomic mass is 32.2. The molecule has 0 radical (unpaired) electrons. The van der Waals surface area contributed by atoms with Crippen molar-refractivity contribution in [3.8, 4) is 0 Å². The number of methoxy groups -OCH3 is 1. The summed E-state index contributed by atoms with van der Waals surface area (Å²) in [4.78, 5) is 52.4. The smallest absolute Gasteiger partial charge is 0.358 e. The fraction of sp³-hybridized carbons (Fsp3) is 0.333. The van der Waals surface area contributed by atoms with Gasteiger partial charge in [0.2, 0.25) is 0 Å². The van der Waals surface area contributed by atoms with Crippen LogP contribution in [0.1, 0.15) is 27.6 Å². The number of hydrogen-bond acceptors (Lipinski definition) is 10. The number of esters is 2. The third-order valence-electron chi connectivity index (χ3n) is 4.93. The predicted molar refractivity (Wildman–Crippen MR) is 124 cm³/mol. The summed E-state index contributed by atoms with van der Waals surface area (Å²) in [5.41, 5.74) is 1.29. The average molecular weight is 493 g/mol. The summed E-state index contributed by atoms with van der Waals surface area (Å²) in [7, 11) is 1.17. The van der Waals surface area contributed by atoms with Gasteiger partial charge in [-0.25, -0.2) is 14.5 Å². The molecule has 1 saturated heterocycles. The number of carbonyl (C=O) groups excluding carboxylic acids is 4. The Labute approximate surface area is 197 Å². The first-order valence-corrected chi connectivity index (χ1v) is 12.9. The third-order valence-corrected chi connectivity index (χ3v) is 9.10. The molecule has 4 rings (SSSR count). The van der Waals surface area contributed by atoms with E-state index in [0.29, 0.717) is 5.75 Å². The van der Waals surface area contributed by atoms with Crippen molar-refractivity contribution in [2.24, 2.45) is 0 Å². The van der Waals surface area contributed by atoms with Crippen LogP contribution in [0.15, 0.2) is 46.3 Å². The Morgan fingerprint density at radius 2 is 1.75 bits per heavy atom. The monoisotopic (exact) mass is 492 g/mol. The summed E-state index contributed by atoms with van der Waals surface area (Å²) in [5.74, 6) is -0.267. The molecule has 0 unspecified atom stereocenters. The van der Waals surface area contributed by atoms with Gasteiger partial charge in [-0.3, -0.25) is 9.59 Å². The van der Waals surface area contributed by atoms with Crippen molar-refractivity contribution in [2.75, 3.05) is 31.0 Å². The van der Waals surface area contributed by atoms with Gasteiger partial charge in [-0.05, 0) is 24.6 Å². The Morgan fingerprint density at radius 3 is 2.31 bits per heavy atom. The van der Waals surface area contributed by atoms with Gasteiger partial charge < -0.3 is 14.8 Å². The summed E-state index contributed by atoms with van der Waals surface area (Å²) in [6, 6.07) is 6.37. The van der Waals surface area contributed by atoms with Crippen LogP contribution in [0, 0.1) is 0 Å². The van der Waals surface area contributed by atoms with Gasteiger partial charge in [0.15, 0.2) is 5.70 Å². The van der Waals surface area contributed by atoms with Crippen molar-refractivity contribution >= 4 is 59.0 Å². The lowest BCUT2D eigenvalue weighted by atomic mass is 10.1. The van der Waals surface area contributed by atoms with Crippen molar-refractivity contribution in [3.63, 3.8) is 0 Å². The van der Waals surface area contributed by atoms with E-state index in [1.165, 1.54) is 31.0 Å². The highest BCUT2D eigenvalue weighted by Crippen LogP contribution is 2.43. The van der Waals surface area contributed by atoms with Crippen LogP contribution in [-0.4, -0.2) is 64.2 Å². The number of fused-ring (bicyclic) bond motifs is 1. The first-order chi connectivity index (χ1) is 15.5. The summed E-state index contributed by atoms with van der Waals surface area (Å²) in [5, 5.41) is 3.20. The maximum Gasteiger partial charge on any atom is 0.358 e. The van der Waals surface area contributed by atoms with E-state index in [1.54, 1.807) is 42.6 Å². The van der Waals surface area contributed by atoms with Gasteiger partial charge in [0.25, 0.3) is 11.8 Å². The number of nitrogens with zero attached hydrogens (tertiary/aromatic N) is 1. The van der Waals surface area contributed by atoms with Crippen molar-refractivity contribution in [2.45, 2.75) is 11.5 Å². The number of hydrogen-bond donors (Lipinski definition) is 1. The van der Waals surface area contributed by atoms with Crippen LogP contribution in [0.25, 0.3) is 0 Å². The van der Waals surface area contributed by atoms with Crippen molar-refractivity contribution in [3.05, 3.63) is 57.4 Å². The molecule has 2 amide bonds. The van der Waals surface area contributed by atoms with E-state index in [2.05, 4.69) is 5.32 Å². The van der Waals surface area contributed by atoms with E-state index in [9.17, 15) is 19.2 Å². The van der Waals surface area contributed by atoms with Gasteiger partial charge in [0, 0.05) is 17.3 Å². The average Bonchev–Trinajstić information content (AvgIpc) is 3.43. The molecule has 0 aromatic heterocycles. The van der Waals surface area contributed by atoms with E-state index in [0.717, 1.165) is 22.0 Å². The molecule has 0 bridgehead atoms. The maximum atomic E-state index is 13.0. The van der Waals surface area contributed by atoms with Gasteiger partial charge in [-0.15, -0.1) is 35.3 Å². The molecule has 3 aliphatic rings. The molecule has 3 heterocycles. The lowest BCUT2D eigenvalue weighted by Gasteiger charge is -2.28. The quantitative estimate of drug-likeness (QED) is 0.375. The maximum absolute atomic E-state index is 13.0. The predicted octanol–water partition coefficient (Wildman–Crippen LogP) is 2.58. The molecule has 0 saturated carbocycles. The molecule has 8 nitrogen and oxygen atoms in total. The topological polar surface area (TPSA) is 102 Å².